The highest BCUT2D eigenvalue weighted by atomic mass is 35.5. The largest absolute Gasteiger partial charge is 0.465 e. The molecule has 0 amide bonds. The second-order valence-electron chi connectivity index (χ2n) is 3.50. The number of carbonyl (C=O) groups excluding carboxylic acids is 2. The lowest BCUT2D eigenvalue weighted by molar-refractivity contribution is -0.133. The number of carbonyl (C=O) groups is 2. The second kappa shape index (κ2) is 6.71. The van der Waals surface area contributed by atoms with E-state index in [1.165, 1.54) is 13.2 Å². The van der Waals surface area contributed by atoms with Gasteiger partial charge in [0.2, 0.25) is 0 Å². The van der Waals surface area contributed by atoms with Crippen LogP contribution in [0.4, 0.5) is 0 Å². The number of benzene rings is 1. The highest BCUT2D eigenvalue weighted by Crippen LogP contribution is 2.10. The molecule has 0 radical (unpaired) electrons. The molecule has 1 N–H and O–H groups in total. The van der Waals surface area contributed by atoms with Crippen LogP contribution in [0.15, 0.2) is 30.3 Å². The minimum Gasteiger partial charge on any atom is -0.465 e. The maximum absolute atomic E-state index is 11.5. The van der Waals surface area contributed by atoms with Crippen LogP contribution in [0, 0.1) is 5.41 Å². The molecule has 4 nitrogen and oxygen atoms in total. The molecule has 5 heteroatoms. The number of halogens is 1. The van der Waals surface area contributed by atoms with Gasteiger partial charge in [-0.1, -0.05) is 29.8 Å². The van der Waals surface area contributed by atoms with Crippen LogP contribution in [-0.4, -0.2) is 24.6 Å². The Hall–Kier alpha value is -1.94. The number of allylic oxidation sites excluding steroid dienone is 1. The Bertz CT molecular complexity index is 491. The predicted molar refractivity (Wildman–Crippen MR) is 69.9 cm³/mol. The molecule has 1 aromatic carbocycles. The number of nitrogens with one attached hydrogen (secondary N) is 1. The molecule has 0 aromatic heterocycles. The minimum atomic E-state index is -0.789. The zero-order chi connectivity index (χ0) is 13.5. The molecule has 94 valence electrons. The Morgan fingerprint density at radius 1 is 1.33 bits per heavy atom. The number of rotatable bonds is 5. The quantitative estimate of drug-likeness (QED) is 0.505. The van der Waals surface area contributed by atoms with Crippen LogP contribution in [0.3, 0.4) is 0 Å². The normalized spacial score (nSPS) is 10.3. The molecule has 0 aliphatic carbocycles. The van der Waals surface area contributed by atoms with Crippen molar-refractivity contribution in [3.05, 3.63) is 40.9 Å². The monoisotopic (exact) mass is 265 g/mol. The van der Waals surface area contributed by atoms with Crippen molar-refractivity contribution in [3.8, 4) is 0 Å². The number of hydrogen-bond acceptors (Lipinski definition) is 4. The van der Waals surface area contributed by atoms with E-state index in [0.717, 1.165) is 5.56 Å². The van der Waals surface area contributed by atoms with Gasteiger partial charge in [-0.25, -0.2) is 4.79 Å². The summed E-state index contributed by atoms with van der Waals surface area (Å²) in [4.78, 5) is 22.4. The Labute approximate surface area is 110 Å². The first-order valence-electron chi connectivity index (χ1n) is 5.15. The summed E-state index contributed by atoms with van der Waals surface area (Å²) in [6.07, 6.45) is 2.65. The molecular weight excluding hydrogens is 254 g/mol. The maximum Gasteiger partial charge on any atom is 0.352 e. The lowest BCUT2D eigenvalue weighted by Crippen LogP contribution is -2.17. The first-order chi connectivity index (χ1) is 8.52. The summed E-state index contributed by atoms with van der Waals surface area (Å²) in [6, 6.07) is 6.94. The van der Waals surface area contributed by atoms with E-state index >= 15 is 0 Å². The van der Waals surface area contributed by atoms with Crippen LogP contribution < -0.4 is 0 Å². The van der Waals surface area contributed by atoms with Crippen molar-refractivity contribution in [1.29, 1.82) is 5.41 Å². The van der Waals surface area contributed by atoms with Crippen molar-refractivity contribution in [1.82, 2.24) is 0 Å². The lowest BCUT2D eigenvalue weighted by Gasteiger charge is -1.98. The van der Waals surface area contributed by atoms with Gasteiger partial charge in [0.05, 0.1) is 13.5 Å². The average molecular weight is 266 g/mol. The molecule has 0 saturated carbocycles. The standard InChI is InChI=1S/C13H12ClNO3/c1-18-13(17)12(15)8-11(16)7-4-9-2-5-10(14)6-3-9/h2-7,15H,8H2,1H3/b7-4+,15-12?. The summed E-state index contributed by atoms with van der Waals surface area (Å²) in [7, 11) is 1.17. The fraction of sp³-hybridized carbons (Fsp3) is 0.154. The van der Waals surface area contributed by atoms with Crippen LogP contribution in [0.25, 0.3) is 6.08 Å². The maximum atomic E-state index is 11.5. The summed E-state index contributed by atoms with van der Waals surface area (Å²) in [5.41, 5.74) is 0.459. The van der Waals surface area contributed by atoms with Crippen molar-refractivity contribution in [2.45, 2.75) is 6.42 Å². The number of esters is 1. The van der Waals surface area contributed by atoms with Gasteiger partial charge in [-0.15, -0.1) is 0 Å². The molecule has 0 unspecified atom stereocenters. The van der Waals surface area contributed by atoms with Gasteiger partial charge in [0.15, 0.2) is 5.78 Å². The zero-order valence-electron chi connectivity index (χ0n) is 9.77. The molecule has 1 aromatic rings. The van der Waals surface area contributed by atoms with Gasteiger partial charge in [-0.05, 0) is 23.8 Å². The fourth-order valence-corrected chi connectivity index (χ4v) is 1.32. The van der Waals surface area contributed by atoms with E-state index in [9.17, 15) is 9.59 Å². The third-order valence-corrected chi connectivity index (χ3v) is 2.37. The molecule has 0 fully saturated rings. The van der Waals surface area contributed by atoms with Crippen molar-refractivity contribution < 1.29 is 14.3 Å². The number of ketones is 1. The second-order valence-corrected chi connectivity index (χ2v) is 3.93. The smallest absolute Gasteiger partial charge is 0.352 e. The summed E-state index contributed by atoms with van der Waals surface area (Å²) >= 11 is 5.72. The fourth-order valence-electron chi connectivity index (χ4n) is 1.19. The van der Waals surface area contributed by atoms with Crippen LogP contribution in [0.1, 0.15) is 12.0 Å². The van der Waals surface area contributed by atoms with Gasteiger partial charge in [0.25, 0.3) is 0 Å². The van der Waals surface area contributed by atoms with Crippen LogP contribution in [-0.2, 0) is 14.3 Å². The lowest BCUT2D eigenvalue weighted by atomic mass is 10.1. The van der Waals surface area contributed by atoms with E-state index in [1.807, 2.05) is 0 Å². The van der Waals surface area contributed by atoms with Gasteiger partial charge >= 0.3 is 5.97 Å². The van der Waals surface area contributed by atoms with Crippen LogP contribution in [0.5, 0.6) is 0 Å². The number of ether oxygens (including phenoxy) is 1. The summed E-state index contributed by atoms with van der Waals surface area (Å²) in [6.45, 7) is 0. The highest BCUT2D eigenvalue weighted by molar-refractivity contribution is 6.39. The van der Waals surface area contributed by atoms with Gasteiger partial charge in [-0.3, -0.25) is 10.2 Å². The third-order valence-electron chi connectivity index (χ3n) is 2.11. The Morgan fingerprint density at radius 3 is 2.50 bits per heavy atom. The molecule has 0 heterocycles. The van der Waals surface area contributed by atoms with Gasteiger partial charge in [0, 0.05) is 5.02 Å². The molecule has 0 saturated heterocycles. The van der Waals surface area contributed by atoms with E-state index in [0.29, 0.717) is 5.02 Å². The Kier molecular flexibility index (Phi) is 5.27. The first-order valence-corrected chi connectivity index (χ1v) is 5.53. The molecule has 0 bridgehead atoms. The van der Waals surface area contributed by atoms with Crippen LogP contribution >= 0.6 is 11.6 Å². The minimum absolute atomic E-state index is 0.267. The highest BCUT2D eigenvalue weighted by Gasteiger charge is 2.11. The Balaban J connectivity index is 2.57. The summed E-state index contributed by atoms with van der Waals surface area (Å²) in [5.74, 6) is -1.12. The van der Waals surface area contributed by atoms with Crippen LogP contribution in [0.2, 0.25) is 5.02 Å². The van der Waals surface area contributed by atoms with E-state index in [1.54, 1.807) is 30.3 Å². The molecule has 0 atom stereocenters. The van der Waals surface area contributed by atoms with Crippen molar-refractivity contribution in [2.24, 2.45) is 0 Å². The predicted octanol–water partition coefficient (Wildman–Crippen LogP) is 2.51. The summed E-state index contributed by atoms with van der Waals surface area (Å²) < 4.78 is 4.33. The summed E-state index contributed by atoms with van der Waals surface area (Å²) in [5, 5.41) is 7.91. The van der Waals surface area contributed by atoms with Crippen molar-refractivity contribution in [3.63, 3.8) is 0 Å². The topological polar surface area (TPSA) is 67.2 Å². The third kappa shape index (κ3) is 4.51. The SMILES string of the molecule is COC(=O)C(=N)CC(=O)/C=C/c1ccc(Cl)cc1. The van der Waals surface area contributed by atoms with Gasteiger partial charge in [-0.2, -0.15) is 0 Å². The van der Waals surface area contributed by atoms with E-state index in [2.05, 4.69) is 4.74 Å². The van der Waals surface area contributed by atoms with E-state index < -0.39 is 5.97 Å². The molecular formula is C13H12ClNO3. The number of hydrogen-bond donors (Lipinski definition) is 1. The van der Waals surface area contributed by atoms with Crippen molar-refractivity contribution in [2.75, 3.05) is 7.11 Å². The van der Waals surface area contributed by atoms with Gasteiger partial charge < -0.3 is 4.74 Å². The molecule has 0 spiro atoms. The zero-order valence-corrected chi connectivity index (χ0v) is 10.5. The Morgan fingerprint density at radius 2 is 1.94 bits per heavy atom. The number of methoxy groups -OCH3 is 1. The molecule has 0 aliphatic heterocycles. The van der Waals surface area contributed by atoms with Gasteiger partial charge in [0.1, 0.15) is 5.71 Å². The van der Waals surface area contributed by atoms with Crippen molar-refractivity contribution >= 4 is 35.1 Å². The molecule has 1 rings (SSSR count). The molecule has 0 aliphatic rings. The molecule has 18 heavy (non-hydrogen) atoms. The van der Waals surface area contributed by atoms with E-state index in [4.69, 9.17) is 17.0 Å². The first kappa shape index (κ1) is 14.1. The van der Waals surface area contributed by atoms with E-state index in [-0.39, 0.29) is 17.9 Å². The average Bonchev–Trinajstić information content (AvgIpc) is 2.37.